The molecule has 0 N–H and O–H groups in total. The van der Waals surface area contributed by atoms with Crippen LogP contribution in [0, 0.1) is 0 Å². The lowest BCUT2D eigenvalue weighted by Gasteiger charge is -2.17. The van der Waals surface area contributed by atoms with Gasteiger partial charge in [0, 0.05) is 10.6 Å². The Kier molecular flexibility index (Phi) is 3.94. The molecule has 0 saturated carbocycles. The van der Waals surface area contributed by atoms with Crippen LogP contribution in [0.1, 0.15) is 19.8 Å². The Bertz CT molecular complexity index is 683. The van der Waals surface area contributed by atoms with Gasteiger partial charge in [0.2, 0.25) is 0 Å². The van der Waals surface area contributed by atoms with Gasteiger partial charge in [-0.15, -0.1) is 0 Å². The van der Waals surface area contributed by atoms with Gasteiger partial charge in [-0.25, -0.2) is 0 Å². The first-order chi connectivity index (χ1) is 10.2. The monoisotopic (exact) mass is 294 g/mol. The fourth-order valence-electron chi connectivity index (χ4n) is 2.76. The summed E-state index contributed by atoms with van der Waals surface area (Å²) in [6.45, 7) is 2.11. The lowest BCUT2D eigenvalue weighted by Crippen LogP contribution is -2.14. The molecule has 106 valence electrons. The van der Waals surface area contributed by atoms with E-state index in [1.807, 2.05) is 66.5 Å². The van der Waals surface area contributed by atoms with Crippen LogP contribution in [0.15, 0.2) is 83.7 Å². The van der Waals surface area contributed by atoms with Crippen molar-refractivity contribution in [2.24, 2.45) is 0 Å². The summed E-state index contributed by atoms with van der Waals surface area (Å²) in [5.41, 5.74) is 2.49. The SMILES string of the molecule is CC1=CCC/C1=C\P(=O)(c1ccccc1)c1ccccc1. The van der Waals surface area contributed by atoms with Gasteiger partial charge in [-0.1, -0.05) is 72.3 Å². The van der Waals surface area contributed by atoms with Crippen LogP contribution < -0.4 is 10.6 Å². The van der Waals surface area contributed by atoms with Crippen LogP contribution in [0.3, 0.4) is 0 Å². The molecule has 0 unspecified atom stereocenters. The molecule has 3 rings (SSSR count). The van der Waals surface area contributed by atoms with Crippen molar-refractivity contribution in [3.8, 4) is 0 Å². The highest BCUT2D eigenvalue weighted by molar-refractivity contribution is 7.81. The predicted octanol–water partition coefficient (Wildman–Crippen LogP) is 4.62. The smallest absolute Gasteiger partial charge is 0.164 e. The summed E-state index contributed by atoms with van der Waals surface area (Å²) in [7, 11) is -2.71. The highest BCUT2D eigenvalue weighted by Gasteiger charge is 2.26. The van der Waals surface area contributed by atoms with Gasteiger partial charge >= 0.3 is 0 Å². The van der Waals surface area contributed by atoms with Crippen molar-refractivity contribution in [3.05, 3.63) is 83.7 Å². The first-order valence-electron chi connectivity index (χ1n) is 7.30. The van der Waals surface area contributed by atoms with Crippen molar-refractivity contribution in [1.82, 2.24) is 0 Å². The van der Waals surface area contributed by atoms with Crippen molar-refractivity contribution in [3.63, 3.8) is 0 Å². The fourth-order valence-corrected chi connectivity index (χ4v) is 5.35. The zero-order valence-electron chi connectivity index (χ0n) is 12.2. The van der Waals surface area contributed by atoms with E-state index in [4.69, 9.17) is 0 Å². The molecule has 0 spiro atoms. The van der Waals surface area contributed by atoms with E-state index in [1.165, 1.54) is 11.1 Å². The van der Waals surface area contributed by atoms with Crippen LogP contribution in [-0.2, 0) is 4.57 Å². The maximum atomic E-state index is 13.8. The van der Waals surface area contributed by atoms with Gasteiger partial charge in [0.1, 0.15) is 0 Å². The summed E-state index contributed by atoms with van der Waals surface area (Å²) in [5, 5.41) is 1.81. The highest BCUT2D eigenvalue weighted by Crippen LogP contribution is 2.48. The van der Waals surface area contributed by atoms with Crippen LogP contribution in [0.5, 0.6) is 0 Å². The summed E-state index contributed by atoms with van der Waals surface area (Å²) >= 11 is 0. The van der Waals surface area contributed by atoms with Crippen LogP contribution in [0.25, 0.3) is 0 Å². The molecular weight excluding hydrogens is 275 g/mol. The molecular formula is C19H19OP. The predicted molar refractivity (Wildman–Crippen MR) is 90.8 cm³/mol. The second-order valence-corrected chi connectivity index (χ2v) is 8.02. The molecule has 0 aliphatic heterocycles. The zero-order valence-corrected chi connectivity index (χ0v) is 13.1. The van der Waals surface area contributed by atoms with E-state index in [2.05, 4.69) is 13.0 Å². The third-order valence-corrected chi connectivity index (χ3v) is 6.79. The maximum Gasteiger partial charge on any atom is 0.164 e. The lowest BCUT2D eigenvalue weighted by atomic mass is 10.2. The molecule has 0 amide bonds. The van der Waals surface area contributed by atoms with Gasteiger partial charge in [-0.3, -0.25) is 0 Å². The first-order valence-corrected chi connectivity index (χ1v) is 9.07. The second kappa shape index (κ2) is 5.87. The number of hydrogen-bond donors (Lipinski definition) is 0. The largest absolute Gasteiger partial charge is 0.309 e. The second-order valence-electron chi connectivity index (χ2n) is 5.41. The van der Waals surface area contributed by atoms with Crippen LogP contribution >= 0.6 is 7.14 Å². The number of benzene rings is 2. The minimum absolute atomic E-state index is 0.906. The van der Waals surface area contributed by atoms with E-state index in [0.717, 1.165) is 23.5 Å². The normalized spacial score (nSPS) is 17.0. The Morgan fingerprint density at radius 1 is 0.905 bits per heavy atom. The number of allylic oxidation sites excluding steroid dienone is 3. The minimum Gasteiger partial charge on any atom is -0.309 e. The molecule has 0 aromatic heterocycles. The topological polar surface area (TPSA) is 17.1 Å². The van der Waals surface area contributed by atoms with E-state index in [-0.39, 0.29) is 0 Å². The van der Waals surface area contributed by atoms with Crippen molar-refractivity contribution < 1.29 is 4.57 Å². The van der Waals surface area contributed by atoms with Gasteiger partial charge in [-0.2, -0.15) is 0 Å². The molecule has 0 atom stereocenters. The van der Waals surface area contributed by atoms with Crippen molar-refractivity contribution in [2.45, 2.75) is 19.8 Å². The molecule has 0 radical (unpaired) electrons. The van der Waals surface area contributed by atoms with Gasteiger partial charge < -0.3 is 4.57 Å². The van der Waals surface area contributed by atoms with E-state index >= 15 is 0 Å². The van der Waals surface area contributed by atoms with Crippen LogP contribution in [0.4, 0.5) is 0 Å². The zero-order chi connectivity index (χ0) is 14.7. The molecule has 1 nitrogen and oxygen atoms in total. The van der Waals surface area contributed by atoms with Gasteiger partial charge in [-0.05, 0) is 31.2 Å². The molecule has 21 heavy (non-hydrogen) atoms. The summed E-state index contributed by atoms with van der Waals surface area (Å²) in [6, 6.07) is 19.7. The Balaban J connectivity index is 2.17. The highest BCUT2D eigenvalue weighted by atomic mass is 31.2. The van der Waals surface area contributed by atoms with Crippen LogP contribution in [-0.4, -0.2) is 0 Å². The molecule has 2 aromatic carbocycles. The van der Waals surface area contributed by atoms with Crippen molar-refractivity contribution >= 4 is 17.8 Å². The summed E-state index contributed by atoms with van der Waals surface area (Å²) in [5.74, 6) is 2.02. The Morgan fingerprint density at radius 2 is 1.43 bits per heavy atom. The van der Waals surface area contributed by atoms with E-state index in [9.17, 15) is 4.57 Å². The van der Waals surface area contributed by atoms with Crippen molar-refractivity contribution in [2.75, 3.05) is 0 Å². The minimum atomic E-state index is -2.71. The summed E-state index contributed by atoms with van der Waals surface area (Å²) in [4.78, 5) is 0. The van der Waals surface area contributed by atoms with Crippen LogP contribution in [0.2, 0.25) is 0 Å². The average molecular weight is 294 g/mol. The van der Waals surface area contributed by atoms with Crippen molar-refractivity contribution in [1.29, 1.82) is 0 Å². The maximum absolute atomic E-state index is 13.8. The molecule has 0 saturated heterocycles. The standard InChI is InChI=1S/C19H19OP/c1-16-9-8-10-17(16)15-21(20,18-11-4-2-5-12-18)19-13-6-3-7-14-19/h2-7,9,11-15H,8,10H2,1H3/b17-15+. The molecule has 0 heterocycles. The summed E-state index contributed by atoms with van der Waals surface area (Å²) in [6.07, 6.45) is 4.28. The van der Waals surface area contributed by atoms with E-state index < -0.39 is 7.14 Å². The first kappa shape index (κ1) is 14.1. The molecule has 1 aliphatic carbocycles. The Morgan fingerprint density at radius 3 is 1.86 bits per heavy atom. The third-order valence-electron chi connectivity index (χ3n) is 3.99. The molecule has 0 fully saturated rings. The van der Waals surface area contributed by atoms with E-state index in [1.54, 1.807) is 0 Å². The number of rotatable bonds is 3. The van der Waals surface area contributed by atoms with Gasteiger partial charge in [0.15, 0.2) is 7.14 Å². The molecule has 2 heteroatoms. The quantitative estimate of drug-likeness (QED) is 0.755. The van der Waals surface area contributed by atoms with Gasteiger partial charge in [0.25, 0.3) is 0 Å². The molecule has 2 aromatic rings. The summed E-state index contributed by atoms with van der Waals surface area (Å²) < 4.78 is 13.8. The lowest BCUT2D eigenvalue weighted by molar-refractivity contribution is 0.592. The Labute approximate surface area is 126 Å². The fraction of sp³-hybridized carbons (Fsp3) is 0.158. The third kappa shape index (κ3) is 2.80. The van der Waals surface area contributed by atoms with E-state index in [0.29, 0.717) is 0 Å². The molecule has 0 bridgehead atoms. The Hall–Kier alpha value is -1.85. The molecule has 1 aliphatic rings. The average Bonchev–Trinajstić information content (AvgIpc) is 2.94. The van der Waals surface area contributed by atoms with Gasteiger partial charge in [0.05, 0.1) is 0 Å². The number of hydrogen-bond acceptors (Lipinski definition) is 1.